The monoisotopic (exact) mass is 402 g/mol. The largest absolute Gasteiger partial charge is 0.454 e. The van der Waals surface area contributed by atoms with Crippen molar-refractivity contribution < 1.29 is 23.6 Å². The molecule has 0 unspecified atom stereocenters. The van der Waals surface area contributed by atoms with E-state index in [1.54, 1.807) is 18.2 Å². The molecule has 0 saturated heterocycles. The lowest BCUT2D eigenvalue weighted by molar-refractivity contribution is -0.387. The van der Waals surface area contributed by atoms with Gasteiger partial charge in [-0.15, -0.1) is 11.3 Å². The number of hydrogen-bond acceptors (Lipinski definition) is 8. The highest BCUT2D eigenvalue weighted by Gasteiger charge is 2.17. The Kier molecular flexibility index (Phi) is 4.49. The Balaban J connectivity index is 1.44. The van der Waals surface area contributed by atoms with Gasteiger partial charge in [-0.2, -0.15) is 4.39 Å². The molecule has 142 valence electrons. The van der Waals surface area contributed by atoms with Crippen LogP contribution in [0.2, 0.25) is 0 Å². The number of nitrogens with one attached hydrogen (secondary N) is 2. The third-order valence-electron chi connectivity index (χ3n) is 3.76. The summed E-state index contributed by atoms with van der Waals surface area (Å²) in [4.78, 5) is 26.3. The first-order valence-corrected chi connectivity index (χ1v) is 8.75. The standard InChI is InChI=1S/C17H11FN4O5S/c18-11-5-9(1-3-13(11)22(24)25)19-16(23)12-7-28-17(21-12)20-10-2-4-14-15(6-10)27-8-26-14/h1-7H,8H2,(H,19,23)(H,20,21). The van der Waals surface area contributed by atoms with Crippen molar-refractivity contribution >= 4 is 39.4 Å². The molecule has 0 aliphatic carbocycles. The predicted octanol–water partition coefficient (Wildman–Crippen LogP) is 3.92. The number of ether oxygens (including phenoxy) is 2. The Labute approximate surface area is 160 Å². The maximum absolute atomic E-state index is 13.7. The molecular formula is C17H11FN4O5S. The number of carbonyl (C=O) groups is 1. The third-order valence-corrected chi connectivity index (χ3v) is 4.52. The minimum Gasteiger partial charge on any atom is -0.454 e. The zero-order valence-electron chi connectivity index (χ0n) is 14.0. The molecule has 1 amide bonds. The zero-order chi connectivity index (χ0) is 19.7. The van der Waals surface area contributed by atoms with Gasteiger partial charge in [0, 0.05) is 35.0 Å². The number of nitro groups is 1. The van der Waals surface area contributed by atoms with Crippen LogP contribution in [0.5, 0.6) is 11.5 Å². The van der Waals surface area contributed by atoms with E-state index in [0.717, 1.165) is 12.1 Å². The van der Waals surface area contributed by atoms with Crippen LogP contribution in [0.15, 0.2) is 41.8 Å². The minimum atomic E-state index is -1.04. The maximum atomic E-state index is 13.7. The van der Waals surface area contributed by atoms with Gasteiger partial charge in [0.1, 0.15) is 5.69 Å². The molecule has 0 saturated carbocycles. The number of nitro benzene ring substituents is 1. The molecule has 0 atom stereocenters. The number of hydrogen-bond donors (Lipinski definition) is 2. The molecule has 1 aliphatic heterocycles. The van der Waals surface area contributed by atoms with Gasteiger partial charge in [-0.25, -0.2) is 4.98 Å². The summed E-state index contributed by atoms with van der Waals surface area (Å²) in [5, 5.41) is 18.2. The molecule has 1 aliphatic rings. The second kappa shape index (κ2) is 7.12. The van der Waals surface area contributed by atoms with E-state index in [9.17, 15) is 19.3 Å². The van der Waals surface area contributed by atoms with Gasteiger partial charge in [0.05, 0.1) is 4.92 Å². The van der Waals surface area contributed by atoms with E-state index in [0.29, 0.717) is 22.3 Å². The van der Waals surface area contributed by atoms with Crippen molar-refractivity contribution in [3.8, 4) is 11.5 Å². The number of carbonyl (C=O) groups excluding carboxylic acids is 1. The number of fused-ring (bicyclic) bond motifs is 1. The lowest BCUT2D eigenvalue weighted by Crippen LogP contribution is -2.12. The molecule has 28 heavy (non-hydrogen) atoms. The summed E-state index contributed by atoms with van der Waals surface area (Å²) in [6, 6.07) is 8.41. The van der Waals surface area contributed by atoms with Crippen LogP contribution in [0.25, 0.3) is 0 Å². The molecule has 0 bridgehead atoms. The van der Waals surface area contributed by atoms with Crippen molar-refractivity contribution in [1.82, 2.24) is 4.98 Å². The molecule has 11 heteroatoms. The van der Waals surface area contributed by atoms with Gasteiger partial charge in [0.2, 0.25) is 12.6 Å². The first kappa shape index (κ1) is 17.7. The SMILES string of the molecule is O=C(Nc1ccc([N+](=O)[O-])c(F)c1)c1csc(Nc2ccc3c(c2)OCO3)n1. The van der Waals surface area contributed by atoms with Crippen LogP contribution in [0.1, 0.15) is 10.5 Å². The Morgan fingerprint density at radius 1 is 1.18 bits per heavy atom. The summed E-state index contributed by atoms with van der Waals surface area (Å²) >= 11 is 1.21. The van der Waals surface area contributed by atoms with Crippen molar-refractivity contribution in [3.63, 3.8) is 0 Å². The lowest BCUT2D eigenvalue weighted by Gasteiger charge is -2.04. The van der Waals surface area contributed by atoms with E-state index in [2.05, 4.69) is 15.6 Å². The fourth-order valence-corrected chi connectivity index (χ4v) is 3.17. The zero-order valence-corrected chi connectivity index (χ0v) is 14.8. The summed E-state index contributed by atoms with van der Waals surface area (Å²) in [6.07, 6.45) is 0. The number of rotatable bonds is 5. The van der Waals surface area contributed by atoms with Crippen molar-refractivity contribution in [2.45, 2.75) is 0 Å². The van der Waals surface area contributed by atoms with Gasteiger partial charge in [-0.1, -0.05) is 0 Å². The molecule has 2 N–H and O–H groups in total. The second-order valence-electron chi connectivity index (χ2n) is 5.61. The fourth-order valence-electron chi connectivity index (χ4n) is 2.46. The Hall–Kier alpha value is -3.73. The topological polar surface area (TPSA) is 116 Å². The summed E-state index contributed by atoms with van der Waals surface area (Å²) in [7, 11) is 0. The highest BCUT2D eigenvalue weighted by Crippen LogP contribution is 2.35. The number of amides is 1. The molecule has 0 spiro atoms. The van der Waals surface area contributed by atoms with Gasteiger partial charge in [-0.3, -0.25) is 14.9 Å². The molecule has 0 fully saturated rings. The first-order valence-electron chi connectivity index (χ1n) is 7.87. The van der Waals surface area contributed by atoms with E-state index < -0.39 is 22.3 Å². The van der Waals surface area contributed by atoms with Crippen LogP contribution >= 0.6 is 11.3 Å². The van der Waals surface area contributed by atoms with Gasteiger partial charge < -0.3 is 20.1 Å². The lowest BCUT2D eigenvalue weighted by atomic mass is 10.2. The summed E-state index contributed by atoms with van der Waals surface area (Å²) in [5.74, 6) is -0.339. The number of anilines is 3. The van der Waals surface area contributed by atoms with Crippen LogP contribution in [-0.2, 0) is 0 Å². The number of aromatic nitrogens is 1. The number of benzene rings is 2. The Bertz CT molecular complexity index is 1090. The molecule has 2 aromatic carbocycles. The molecule has 0 radical (unpaired) electrons. The second-order valence-corrected chi connectivity index (χ2v) is 6.47. The van der Waals surface area contributed by atoms with Crippen molar-refractivity contribution in [2.75, 3.05) is 17.4 Å². The first-order chi connectivity index (χ1) is 13.5. The molecule has 9 nitrogen and oxygen atoms in total. The highest BCUT2D eigenvalue weighted by atomic mass is 32.1. The average Bonchev–Trinajstić information content (AvgIpc) is 3.30. The predicted molar refractivity (Wildman–Crippen MR) is 99.0 cm³/mol. The van der Waals surface area contributed by atoms with Crippen LogP contribution in [0, 0.1) is 15.9 Å². The van der Waals surface area contributed by atoms with Gasteiger partial charge >= 0.3 is 5.69 Å². The maximum Gasteiger partial charge on any atom is 0.304 e. The third kappa shape index (κ3) is 3.55. The fraction of sp³-hybridized carbons (Fsp3) is 0.0588. The quantitative estimate of drug-likeness (QED) is 0.491. The molecular weight excluding hydrogens is 391 g/mol. The van der Waals surface area contributed by atoms with E-state index >= 15 is 0 Å². The van der Waals surface area contributed by atoms with Crippen LogP contribution in [-0.4, -0.2) is 22.6 Å². The van der Waals surface area contributed by atoms with Crippen LogP contribution in [0.3, 0.4) is 0 Å². The Morgan fingerprint density at radius 2 is 1.96 bits per heavy atom. The van der Waals surface area contributed by atoms with Crippen LogP contribution in [0.4, 0.5) is 26.6 Å². The van der Waals surface area contributed by atoms with Gasteiger partial charge in [0.25, 0.3) is 5.91 Å². The van der Waals surface area contributed by atoms with Crippen molar-refractivity contribution in [2.24, 2.45) is 0 Å². The summed E-state index contributed by atoms with van der Waals surface area (Å²) < 4.78 is 24.2. The number of halogens is 1. The van der Waals surface area contributed by atoms with Crippen molar-refractivity contribution in [3.05, 3.63) is 63.4 Å². The minimum absolute atomic E-state index is 0.0892. The van der Waals surface area contributed by atoms with E-state index in [1.807, 2.05) is 0 Å². The number of thiazole rings is 1. The van der Waals surface area contributed by atoms with E-state index in [-0.39, 0.29) is 18.2 Å². The van der Waals surface area contributed by atoms with Crippen LogP contribution < -0.4 is 20.1 Å². The average molecular weight is 402 g/mol. The Morgan fingerprint density at radius 3 is 2.75 bits per heavy atom. The molecule has 2 heterocycles. The molecule has 4 rings (SSSR count). The van der Waals surface area contributed by atoms with Crippen molar-refractivity contribution in [1.29, 1.82) is 0 Å². The van der Waals surface area contributed by atoms with Gasteiger partial charge in [-0.05, 0) is 18.2 Å². The van der Waals surface area contributed by atoms with E-state index in [4.69, 9.17) is 9.47 Å². The summed E-state index contributed by atoms with van der Waals surface area (Å²) in [6.45, 7) is 0.170. The molecule has 1 aromatic heterocycles. The normalized spacial score (nSPS) is 11.9. The van der Waals surface area contributed by atoms with Gasteiger partial charge in [0.15, 0.2) is 16.6 Å². The number of nitrogens with zero attached hydrogens (tertiary/aromatic N) is 2. The van der Waals surface area contributed by atoms with E-state index in [1.165, 1.54) is 22.8 Å². The smallest absolute Gasteiger partial charge is 0.304 e. The summed E-state index contributed by atoms with van der Waals surface area (Å²) in [5.41, 5.74) is 0.253. The molecule has 3 aromatic rings. The highest BCUT2D eigenvalue weighted by molar-refractivity contribution is 7.14.